The fourth-order valence-corrected chi connectivity index (χ4v) is 5.07. The zero-order valence-electron chi connectivity index (χ0n) is 16.9. The van der Waals surface area contributed by atoms with Crippen molar-refractivity contribution in [1.82, 2.24) is 5.32 Å². The number of aliphatic hydroxyl groups is 1. The van der Waals surface area contributed by atoms with Gasteiger partial charge in [0, 0.05) is 23.9 Å². The van der Waals surface area contributed by atoms with Gasteiger partial charge in [0.25, 0.3) is 0 Å². The van der Waals surface area contributed by atoms with Crippen LogP contribution in [0.1, 0.15) is 50.2 Å². The number of halogens is 1. The summed E-state index contributed by atoms with van der Waals surface area (Å²) in [7, 11) is 1.40. The average molecular weight is 420 g/mol. The van der Waals surface area contributed by atoms with Crippen LogP contribution in [0, 0.1) is 23.7 Å². The minimum Gasteiger partial charge on any atom is -0.469 e. The smallest absolute Gasteiger partial charge is 0.305 e. The number of unbranched alkanes of at least 4 members (excludes halogenated alkanes) is 1. The van der Waals surface area contributed by atoms with E-state index in [1.807, 2.05) is 0 Å². The van der Waals surface area contributed by atoms with Crippen molar-refractivity contribution in [2.24, 2.45) is 23.7 Å². The van der Waals surface area contributed by atoms with Crippen molar-refractivity contribution in [3.8, 4) is 0 Å². The number of esters is 1. The summed E-state index contributed by atoms with van der Waals surface area (Å²) in [5.41, 5.74) is 0.702. The molecule has 5 atom stereocenters. The van der Waals surface area contributed by atoms with Crippen LogP contribution in [0.2, 0.25) is 5.02 Å². The molecule has 158 valence electrons. The van der Waals surface area contributed by atoms with Gasteiger partial charge in [0.05, 0.1) is 13.2 Å². The number of rotatable bonds is 9. The number of benzene rings is 1. The fourth-order valence-electron chi connectivity index (χ4n) is 4.87. The second-order valence-electron chi connectivity index (χ2n) is 8.15. The highest BCUT2D eigenvalue weighted by molar-refractivity contribution is 6.30. The Hall–Kier alpha value is -1.85. The number of aliphatic hydroxyl groups excluding tert-OH is 1. The van der Waals surface area contributed by atoms with Crippen LogP contribution >= 0.6 is 11.6 Å². The van der Waals surface area contributed by atoms with Crippen molar-refractivity contribution in [2.45, 2.75) is 44.6 Å². The summed E-state index contributed by atoms with van der Waals surface area (Å²) >= 11 is 5.98. The summed E-state index contributed by atoms with van der Waals surface area (Å²) in [6, 6.07) is 7.07. The molecule has 2 aliphatic rings. The Labute approximate surface area is 177 Å². The lowest BCUT2D eigenvalue weighted by Crippen LogP contribution is -2.39. The quantitative estimate of drug-likeness (QED) is 0.359. The van der Waals surface area contributed by atoms with E-state index in [1.54, 1.807) is 24.3 Å². The molecule has 5 nitrogen and oxygen atoms in total. The lowest BCUT2D eigenvalue weighted by atomic mass is 9.78. The van der Waals surface area contributed by atoms with E-state index in [0.717, 1.165) is 25.7 Å². The highest BCUT2D eigenvalue weighted by Gasteiger charge is 2.49. The van der Waals surface area contributed by atoms with E-state index < -0.39 is 6.10 Å². The van der Waals surface area contributed by atoms with Crippen LogP contribution < -0.4 is 5.32 Å². The minimum atomic E-state index is -0.774. The van der Waals surface area contributed by atoms with Crippen LogP contribution in [0.4, 0.5) is 0 Å². The summed E-state index contributed by atoms with van der Waals surface area (Å²) in [5, 5.41) is 13.9. The number of methoxy groups -OCH3 is 1. The van der Waals surface area contributed by atoms with Gasteiger partial charge in [0.15, 0.2) is 0 Å². The summed E-state index contributed by atoms with van der Waals surface area (Å²) in [4.78, 5) is 24.1. The van der Waals surface area contributed by atoms with Crippen LogP contribution in [0.15, 0.2) is 36.4 Å². The summed E-state index contributed by atoms with van der Waals surface area (Å²) < 4.78 is 4.66. The van der Waals surface area contributed by atoms with Crippen molar-refractivity contribution < 1.29 is 19.4 Å². The number of carbonyl (C=O) groups excluding carboxylic acids is 2. The van der Waals surface area contributed by atoms with Crippen molar-refractivity contribution in [3.63, 3.8) is 0 Å². The first-order valence-corrected chi connectivity index (χ1v) is 10.8. The lowest BCUT2D eigenvalue weighted by molar-refractivity contribution is -0.140. The average Bonchev–Trinajstić information content (AvgIpc) is 3.33. The zero-order valence-corrected chi connectivity index (χ0v) is 17.6. The van der Waals surface area contributed by atoms with Crippen LogP contribution in [-0.2, 0) is 14.3 Å². The van der Waals surface area contributed by atoms with Gasteiger partial charge in [-0.15, -0.1) is 0 Å². The van der Waals surface area contributed by atoms with Gasteiger partial charge in [0.2, 0.25) is 5.91 Å². The maximum atomic E-state index is 12.9. The largest absolute Gasteiger partial charge is 0.469 e. The topological polar surface area (TPSA) is 75.6 Å². The number of carbonyl (C=O) groups is 2. The lowest BCUT2D eigenvalue weighted by Gasteiger charge is -2.28. The maximum absolute atomic E-state index is 12.9. The summed E-state index contributed by atoms with van der Waals surface area (Å²) in [5.74, 6) is 1.04. The van der Waals surface area contributed by atoms with E-state index in [2.05, 4.69) is 22.2 Å². The Bertz CT molecular complexity index is 750. The number of fused-ring (bicyclic) bond motifs is 2. The first-order valence-electron chi connectivity index (χ1n) is 10.4. The molecule has 1 aromatic carbocycles. The van der Waals surface area contributed by atoms with E-state index in [0.29, 0.717) is 28.8 Å². The Morgan fingerprint density at radius 2 is 2.14 bits per heavy atom. The standard InChI is InChI=1S/C23H30ClNO4/c1-29-21(27)9-4-2-3-8-19-15-10-11-17(12-15)22(19)23(28)25-14-20(26)16-6-5-7-18(24)13-16/h3,5-8,13,15,17,19-20,22,26H,2,4,9-12,14H2,1H3,(H,25,28). The molecule has 5 unspecified atom stereocenters. The van der Waals surface area contributed by atoms with Crippen LogP contribution in [0.3, 0.4) is 0 Å². The van der Waals surface area contributed by atoms with Gasteiger partial charge >= 0.3 is 5.97 Å². The number of hydrogen-bond acceptors (Lipinski definition) is 4. The Kier molecular flexibility index (Phi) is 7.73. The van der Waals surface area contributed by atoms with Gasteiger partial charge in [-0.05, 0) is 67.6 Å². The van der Waals surface area contributed by atoms with E-state index in [1.165, 1.54) is 13.5 Å². The molecule has 2 bridgehead atoms. The third kappa shape index (κ3) is 5.61. The molecular weight excluding hydrogens is 390 g/mol. The molecule has 0 spiro atoms. The summed E-state index contributed by atoms with van der Waals surface area (Å²) in [6.07, 6.45) is 8.88. The molecule has 2 fully saturated rings. The number of nitrogens with one attached hydrogen (secondary N) is 1. The number of allylic oxidation sites excluding steroid dienone is 2. The Morgan fingerprint density at radius 1 is 1.34 bits per heavy atom. The van der Waals surface area contributed by atoms with Gasteiger partial charge in [0.1, 0.15) is 0 Å². The van der Waals surface area contributed by atoms with Gasteiger partial charge in [-0.2, -0.15) is 0 Å². The normalized spacial score (nSPS) is 26.6. The Morgan fingerprint density at radius 3 is 2.90 bits per heavy atom. The predicted octanol–water partition coefficient (Wildman–Crippen LogP) is 4.05. The number of ether oxygens (including phenoxy) is 1. The third-order valence-electron chi connectivity index (χ3n) is 6.32. The first kappa shape index (κ1) is 21.8. The zero-order chi connectivity index (χ0) is 20.8. The molecule has 0 heterocycles. The first-order chi connectivity index (χ1) is 14.0. The third-order valence-corrected chi connectivity index (χ3v) is 6.56. The Balaban J connectivity index is 1.53. The molecule has 0 radical (unpaired) electrons. The van der Waals surface area contributed by atoms with Crippen LogP contribution in [0.25, 0.3) is 0 Å². The fraction of sp³-hybridized carbons (Fsp3) is 0.565. The van der Waals surface area contributed by atoms with Gasteiger partial charge in [-0.25, -0.2) is 0 Å². The predicted molar refractivity (Wildman–Crippen MR) is 112 cm³/mol. The van der Waals surface area contributed by atoms with Crippen molar-refractivity contribution >= 4 is 23.5 Å². The monoisotopic (exact) mass is 419 g/mol. The van der Waals surface area contributed by atoms with Crippen molar-refractivity contribution in [2.75, 3.05) is 13.7 Å². The molecule has 2 saturated carbocycles. The van der Waals surface area contributed by atoms with Gasteiger partial charge in [-0.1, -0.05) is 35.9 Å². The molecule has 0 saturated heterocycles. The van der Waals surface area contributed by atoms with Crippen molar-refractivity contribution in [3.05, 3.63) is 47.0 Å². The molecule has 29 heavy (non-hydrogen) atoms. The summed E-state index contributed by atoms with van der Waals surface area (Å²) in [6.45, 7) is 0.183. The SMILES string of the molecule is COC(=O)CCCC=CC1C2CCC(C2)C1C(=O)NCC(O)c1cccc(Cl)c1. The van der Waals surface area contributed by atoms with Gasteiger partial charge in [-0.3, -0.25) is 9.59 Å². The van der Waals surface area contributed by atoms with E-state index in [-0.39, 0.29) is 30.3 Å². The molecule has 6 heteroatoms. The molecule has 1 amide bonds. The molecule has 0 aromatic heterocycles. The second-order valence-corrected chi connectivity index (χ2v) is 8.59. The minimum absolute atomic E-state index is 0.0301. The molecule has 2 aliphatic carbocycles. The van der Waals surface area contributed by atoms with E-state index in [4.69, 9.17) is 11.6 Å². The van der Waals surface area contributed by atoms with E-state index >= 15 is 0 Å². The highest BCUT2D eigenvalue weighted by Crippen LogP contribution is 2.53. The molecular formula is C23H30ClNO4. The van der Waals surface area contributed by atoms with E-state index in [9.17, 15) is 14.7 Å². The molecule has 0 aliphatic heterocycles. The number of amides is 1. The van der Waals surface area contributed by atoms with Crippen molar-refractivity contribution in [1.29, 1.82) is 0 Å². The molecule has 3 rings (SSSR count). The second kappa shape index (κ2) is 10.3. The highest BCUT2D eigenvalue weighted by atomic mass is 35.5. The van der Waals surface area contributed by atoms with Crippen LogP contribution in [-0.4, -0.2) is 30.6 Å². The maximum Gasteiger partial charge on any atom is 0.305 e. The van der Waals surface area contributed by atoms with Crippen LogP contribution in [0.5, 0.6) is 0 Å². The molecule has 2 N–H and O–H groups in total. The van der Waals surface area contributed by atoms with Gasteiger partial charge < -0.3 is 15.2 Å². The molecule has 1 aromatic rings. The number of hydrogen-bond donors (Lipinski definition) is 2.